The van der Waals surface area contributed by atoms with Crippen LogP contribution in [-0.4, -0.2) is 72.8 Å². The van der Waals surface area contributed by atoms with Gasteiger partial charge < -0.3 is 15.5 Å². The predicted octanol–water partition coefficient (Wildman–Crippen LogP) is -0.0816. The molecule has 0 bridgehead atoms. The third-order valence-corrected chi connectivity index (χ3v) is 5.92. The van der Waals surface area contributed by atoms with Gasteiger partial charge >= 0.3 is 0 Å². The third-order valence-electron chi connectivity index (χ3n) is 5.92. The van der Waals surface area contributed by atoms with E-state index in [1.807, 2.05) is 12.1 Å². The van der Waals surface area contributed by atoms with Gasteiger partial charge in [0.05, 0.1) is 0 Å². The fourth-order valence-corrected chi connectivity index (χ4v) is 4.30. The largest absolute Gasteiger partial charge is 0.369 e. The lowest BCUT2D eigenvalue weighted by Crippen LogP contribution is -2.52. The highest BCUT2D eigenvalue weighted by Crippen LogP contribution is 2.30. The van der Waals surface area contributed by atoms with Gasteiger partial charge in [-0.15, -0.1) is 0 Å². The van der Waals surface area contributed by atoms with E-state index < -0.39 is 6.04 Å². The second-order valence-corrected chi connectivity index (χ2v) is 7.71. The van der Waals surface area contributed by atoms with Crippen molar-refractivity contribution in [2.45, 2.75) is 31.8 Å². The first-order valence-corrected chi connectivity index (χ1v) is 10.0. The van der Waals surface area contributed by atoms with Crippen molar-refractivity contribution < 1.29 is 14.4 Å². The molecule has 3 amide bonds. The van der Waals surface area contributed by atoms with Gasteiger partial charge in [0, 0.05) is 50.4 Å². The standard InChI is InChI=1S/C20H27N5O3/c21-6-1-7-23-8-10-24(11-9-23)15-2-3-16-14(12-15)13-25(20(16)28)17-4-5-18(26)22-19(17)27/h2-3,12,17H,1,4-11,13,21H2,(H,22,26,27). The summed E-state index contributed by atoms with van der Waals surface area (Å²) in [5.41, 5.74) is 8.34. The molecule has 0 saturated carbocycles. The van der Waals surface area contributed by atoms with Crippen LogP contribution in [0.5, 0.6) is 0 Å². The van der Waals surface area contributed by atoms with Crippen LogP contribution in [0.1, 0.15) is 35.2 Å². The first-order valence-electron chi connectivity index (χ1n) is 10.0. The van der Waals surface area contributed by atoms with Gasteiger partial charge in [0.2, 0.25) is 11.8 Å². The predicted molar refractivity (Wildman–Crippen MR) is 105 cm³/mol. The molecule has 8 heteroatoms. The van der Waals surface area contributed by atoms with Crippen LogP contribution in [-0.2, 0) is 16.1 Å². The number of carbonyl (C=O) groups is 3. The molecular weight excluding hydrogens is 358 g/mol. The Morgan fingerprint density at radius 3 is 2.61 bits per heavy atom. The minimum atomic E-state index is -0.563. The molecule has 8 nitrogen and oxygen atoms in total. The first kappa shape index (κ1) is 18.9. The first-order chi connectivity index (χ1) is 13.6. The average molecular weight is 385 g/mol. The molecule has 3 heterocycles. The van der Waals surface area contributed by atoms with Gasteiger partial charge in [0.1, 0.15) is 6.04 Å². The number of nitrogens with zero attached hydrogens (tertiary/aromatic N) is 3. The molecule has 0 spiro atoms. The van der Waals surface area contributed by atoms with Crippen LogP contribution in [0.15, 0.2) is 18.2 Å². The van der Waals surface area contributed by atoms with Crippen LogP contribution in [0.25, 0.3) is 0 Å². The molecule has 1 atom stereocenters. The van der Waals surface area contributed by atoms with E-state index in [-0.39, 0.29) is 24.1 Å². The minimum absolute atomic E-state index is 0.123. The number of carbonyl (C=O) groups excluding carboxylic acids is 3. The van der Waals surface area contributed by atoms with E-state index in [1.54, 1.807) is 4.90 Å². The van der Waals surface area contributed by atoms with E-state index in [9.17, 15) is 14.4 Å². The van der Waals surface area contributed by atoms with Crippen LogP contribution < -0.4 is 16.0 Å². The molecule has 1 aromatic carbocycles. The van der Waals surface area contributed by atoms with Gasteiger partial charge in [-0.2, -0.15) is 0 Å². The Morgan fingerprint density at radius 1 is 1.11 bits per heavy atom. The Balaban J connectivity index is 1.43. The molecule has 0 aromatic heterocycles. The van der Waals surface area contributed by atoms with Gasteiger partial charge in [-0.3, -0.25) is 24.6 Å². The Bertz CT molecular complexity index is 788. The van der Waals surface area contributed by atoms with E-state index in [2.05, 4.69) is 21.2 Å². The molecule has 3 aliphatic rings. The molecule has 1 aromatic rings. The summed E-state index contributed by atoms with van der Waals surface area (Å²) in [5, 5.41) is 2.34. The van der Waals surface area contributed by atoms with E-state index in [4.69, 9.17) is 5.73 Å². The van der Waals surface area contributed by atoms with E-state index in [1.165, 1.54) is 0 Å². The second-order valence-electron chi connectivity index (χ2n) is 7.71. The molecule has 0 aliphatic carbocycles. The van der Waals surface area contributed by atoms with Crippen molar-refractivity contribution in [2.24, 2.45) is 5.73 Å². The van der Waals surface area contributed by atoms with Crippen LogP contribution in [0.3, 0.4) is 0 Å². The number of amides is 3. The van der Waals surface area contributed by atoms with Gasteiger partial charge in [-0.1, -0.05) is 0 Å². The topological polar surface area (TPSA) is 99.0 Å². The maximum atomic E-state index is 12.8. The number of rotatable bonds is 5. The average Bonchev–Trinajstić information content (AvgIpc) is 3.02. The molecule has 2 fully saturated rings. The summed E-state index contributed by atoms with van der Waals surface area (Å²) in [6, 6.07) is 5.39. The number of hydrogen-bond donors (Lipinski definition) is 2. The maximum absolute atomic E-state index is 12.8. The van der Waals surface area contributed by atoms with Crippen LogP contribution in [0.4, 0.5) is 5.69 Å². The Labute approximate surface area is 164 Å². The molecule has 3 N–H and O–H groups in total. The monoisotopic (exact) mass is 385 g/mol. The summed E-state index contributed by atoms with van der Waals surface area (Å²) in [7, 11) is 0. The van der Waals surface area contributed by atoms with Gasteiger partial charge in [0.25, 0.3) is 5.91 Å². The summed E-state index contributed by atoms with van der Waals surface area (Å²) in [6.45, 7) is 6.12. The summed E-state index contributed by atoms with van der Waals surface area (Å²) in [4.78, 5) is 42.7. The van der Waals surface area contributed by atoms with E-state index in [0.717, 1.165) is 56.9 Å². The van der Waals surface area contributed by atoms with Gasteiger partial charge in [0.15, 0.2) is 0 Å². The Hall–Kier alpha value is -2.45. The molecule has 4 rings (SSSR count). The molecule has 150 valence electrons. The molecule has 2 saturated heterocycles. The van der Waals surface area contributed by atoms with Crippen LogP contribution in [0.2, 0.25) is 0 Å². The summed E-state index contributed by atoms with van der Waals surface area (Å²) >= 11 is 0. The number of piperazine rings is 1. The fourth-order valence-electron chi connectivity index (χ4n) is 4.30. The van der Waals surface area contributed by atoms with Crippen LogP contribution in [0, 0.1) is 0 Å². The number of hydrogen-bond acceptors (Lipinski definition) is 6. The highest BCUT2D eigenvalue weighted by molar-refractivity contribution is 6.05. The van der Waals surface area contributed by atoms with Crippen molar-refractivity contribution in [3.8, 4) is 0 Å². The molecule has 3 aliphatic heterocycles. The second kappa shape index (κ2) is 7.89. The van der Waals surface area contributed by atoms with Crippen molar-refractivity contribution in [2.75, 3.05) is 44.2 Å². The lowest BCUT2D eigenvalue weighted by Gasteiger charge is -2.36. The van der Waals surface area contributed by atoms with Gasteiger partial charge in [-0.05, 0) is 49.7 Å². The number of piperidine rings is 1. The lowest BCUT2D eigenvalue weighted by molar-refractivity contribution is -0.136. The number of benzene rings is 1. The van der Waals surface area contributed by atoms with Crippen molar-refractivity contribution >= 4 is 23.4 Å². The molecule has 1 unspecified atom stereocenters. The molecular formula is C20H27N5O3. The maximum Gasteiger partial charge on any atom is 0.255 e. The zero-order valence-corrected chi connectivity index (χ0v) is 16.0. The summed E-state index contributed by atoms with van der Waals surface area (Å²) in [5.74, 6) is -0.757. The number of fused-ring (bicyclic) bond motifs is 1. The third kappa shape index (κ3) is 3.62. The number of nitrogens with one attached hydrogen (secondary N) is 1. The highest BCUT2D eigenvalue weighted by atomic mass is 16.2. The zero-order valence-electron chi connectivity index (χ0n) is 16.0. The van der Waals surface area contributed by atoms with Crippen molar-refractivity contribution in [1.82, 2.24) is 15.1 Å². The summed E-state index contributed by atoms with van der Waals surface area (Å²) < 4.78 is 0. The van der Waals surface area contributed by atoms with E-state index in [0.29, 0.717) is 18.5 Å². The Kier molecular flexibility index (Phi) is 5.32. The summed E-state index contributed by atoms with van der Waals surface area (Å²) in [6.07, 6.45) is 1.69. The quantitative estimate of drug-likeness (QED) is 0.688. The normalized spacial score (nSPS) is 23.2. The van der Waals surface area contributed by atoms with Crippen molar-refractivity contribution in [3.05, 3.63) is 29.3 Å². The number of anilines is 1. The van der Waals surface area contributed by atoms with Crippen molar-refractivity contribution in [3.63, 3.8) is 0 Å². The molecule has 0 radical (unpaired) electrons. The fraction of sp³-hybridized carbons (Fsp3) is 0.550. The van der Waals surface area contributed by atoms with Crippen molar-refractivity contribution in [1.29, 1.82) is 0 Å². The smallest absolute Gasteiger partial charge is 0.255 e. The zero-order chi connectivity index (χ0) is 19.7. The SMILES string of the molecule is NCCCN1CCN(c2ccc3c(c2)CN(C2CCC(=O)NC2=O)C3=O)CC1. The van der Waals surface area contributed by atoms with E-state index >= 15 is 0 Å². The minimum Gasteiger partial charge on any atom is -0.369 e. The van der Waals surface area contributed by atoms with Crippen LogP contribution >= 0.6 is 0 Å². The number of imide groups is 1. The van der Waals surface area contributed by atoms with Gasteiger partial charge in [-0.25, -0.2) is 0 Å². The lowest BCUT2D eigenvalue weighted by atomic mass is 10.0. The highest BCUT2D eigenvalue weighted by Gasteiger charge is 2.39. The Morgan fingerprint density at radius 2 is 1.89 bits per heavy atom. The number of nitrogens with two attached hydrogens (primary N) is 1. The molecule has 28 heavy (non-hydrogen) atoms.